The molecular formula is C26H31N7O3. The highest BCUT2D eigenvalue weighted by Crippen LogP contribution is 2.43. The molecule has 2 N–H and O–H groups in total. The van der Waals surface area contributed by atoms with Gasteiger partial charge in [0.05, 0.1) is 31.1 Å². The van der Waals surface area contributed by atoms with Gasteiger partial charge in [-0.25, -0.2) is 9.97 Å². The zero-order valence-electron chi connectivity index (χ0n) is 20.8. The average molecular weight is 490 g/mol. The zero-order chi connectivity index (χ0) is 25.0. The second kappa shape index (κ2) is 8.86. The van der Waals surface area contributed by atoms with Crippen molar-refractivity contribution in [2.75, 3.05) is 27.4 Å². The molecule has 4 aromatic rings. The van der Waals surface area contributed by atoms with E-state index in [9.17, 15) is 4.79 Å². The molecule has 1 aliphatic carbocycles. The van der Waals surface area contributed by atoms with Crippen molar-refractivity contribution in [2.24, 2.45) is 17.6 Å². The van der Waals surface area contributed by atoms with Crippen LogP contribution in [0.25, 0.3) is 33.7 Å². The SMILES string of the molecule is CCn1c(-c2nc3cc(C(=O)N4C[C@H]5CC[C@H]5[C@H]4N)cnc3n2CCOC)cc2ccc(OC)nc21. The normalized spacial score (nSPS) is 21.2. The number of aryl methyl sites for hydroxylation is 1. The Labute approximate surface area is 209 Å². The summed E-state index contributed by atoms with van der Waals surface area (Å²) >= 11 is 0. The summed E-state index contributed by atoms with van der Waals surface area (Å²) in [5.74, 6) is 2.21. The number of nitrogens with two attached hydrogens (primary N) is 1. The minimum atomic E-state index is -0.216. The van der Waals surface area contributed by atoms with Crippen LogP contribution in [0.3, 0.4) is 0 Å². The lowest BCUT2D eigenvalue weighted by molar-refractivity contribution is 0.0723. The number of ether oxygens (including phenoxy) is 2. The van der Waals surface area contributed by atoms with Crippen molar-refractivity contribution in [1.82, 2.24) is 29.0 Å². The van der Waals surface area contributed by atoms with Gasteiger partial charge in [-0.3, -0.25) is 4.79 Å². The van der Waals surface area contributed by atoms with Crippen LogP contribution >= 0.6 is 0 Å². The van der Waals surface area contributed by atoms with E-state index in [4.69, 9.17) is 25.2 Å². The van der Waals surface area contributed by atoms with Gasteiger partial charge in [0.15, 0.2) is 11.5 Å². The molecule has 4 aromatic heterocycles. The molecule has 188 valence electrons. The van der Waals surface area contributed by atoms with E-state index in [0.717, 1.165) is 41.9 Å². The lowest BCUT2D eigenvalue weighted by atomic mass is 9.75. The fourth-order valence-electron chi connectivity index (χ4n) is 5.71. The van der Waals surface area contributed by atoms with Crippen LogP contribution < -0.4 is 10.5 Å². The molecular weight excluding hydrogens is 458 g/mol. The number of methoxy groups -OCH3 is 2. The van der Waals surface area contributed by atoms with Crippen LogP contribution in [0.5, 0.6) is 5.88 Å². The molecule has 0 radical (unpaired) electrons. The minimum Gasteiger partial charge on any atom is -0.481 e. The predicted octanol–water partition coefficient (Wildman–Crippen LogP) is 2.89. The first kappa shape index (κ1) is 22.9. The lowest BCUT2D eigenvalue weighted by Crippen LogP contribution is -2.44. The Morgan fingerprint density at radius 2 is 2.00 bits per heavy atom. The predicted molar refractivity (Wildman–Crippen MR) is 136 cm³/mol. The summed E-state index contributed by atoms with van der Waals surface area (Å²) in [6.07, 6.45) is 3.69. The van der Waals surface area contributed by atoms with E-state index in [2.05, 4.69) is 22.5 Å². The van der Waals surface area contributed by atoms with Gasteiger partial charge in [-0.2, -0.15) is 4.98 Å². The maximum atomic E-state index is 13.4. The molecule has 1 amide bonds. The van der Waals surface area contributed by atoms with Gasteiger partial charge in [0.25, 0.3) is 5.91 Å². The summed E-state index contributed by atoms with van der Waals surface area (Å²) in [4.78, 5) is 29.5. The van der Waals surface area contributed by atoms with Crippen molar-refractivity contribution < 1.29 is 14.3 Å². The van der Waals surface area contributed by atoms with Gasteiger partial charge >= 0.3 is 0 Å². The highest BCUT2D eigenvalue weighted by molar-refractivity contribution is 5.97. The number of imidazole rings is 1. The number of likely N-dealkylation sites (tertiary alicyclic amines) is 1. The van der Waals surface area contributed by atoms with Crippen molar-refractivity contribution >= 4 is 28.1 Å². The second-order valence-corrected chi connectivity index (χ2v) is 9.64. The number of amides is 1. The molecule has 0 aromatic carbocycles. The largest absolute Gasteiger partial charge is 0.481 e. The molecule has 2 aliphatic rings. The number of hydrogen-bond donors (Lipinski definition) is 1. The molecule has 1 saturated carbocycles. The summed E-state index contributed by atoms with van der Waals surface area (Å²) < 4.78 is 14.9. The summed E-state index contributed by atoms with van der Waals surface area (Å²) in [6, 6.07) is 7.78. The van der Waals surface area contributed by atoms with Crippen LogP contribution in [-0.2, 0) is 17.8 Å². The van der Waals surface area contributed by atoms with E-state index >= 15 is 0 Å². The Balaban J connectivity index is 1.45. The van der Waals surface area contributed by atoms with Crippen molar-refractivity contribution in [3.8, 4) is 17.4 Å². The molecule has 2 fully saturated rings. The highest BCUT2D eigenvalue weighted by Gasteiger charge is 2.47. The van der Waals surface area contributed by atoms with Crippen LogP contribution in [0.2, 0.25) is 0 Å². The monoisotopic (exact) mass is 489 g/mol. The number of rotatable bonds is 7. The van der Waals surface area contributed by atoms with Gasteiger partial charge in [0, 0.05) is 44.4 Å². The number of aromatic nitrogens is 5. The Bertz CT molecular complexity index is 1460. The van der Waals surface area contributed by atoms with Gasteiger partial charge in [-0.1, -0.05) is 0 Å². The van der Waals surface area contributed by atoms with Gasteiger partial charge in [0.1, 0.15) is 11.2 Å². The third-order valence-electron chi connectivity index (χ3n) is 7.79. The summed E-state index contributed by atoms with van der Waals surface area (Å²) in [7, 11) is 3.29. The van der Waals surface area contributed by atoms with Crippen LogP contribution in [0.4, 0.5) is 0 Å². The van der Waals surface area contributed by atoms with E-state index in [0.29, 0.717) is 54.1 Å². The molecule has 5 heterocycles. The molecule has 3 atom stereocenters. The third-order valence-corrected chi connectivity index (χ3v) is 7.79. The topological polar surface area (TPSA) is 113 Å². The number of fused-ring (bicyclic) bond motifs is 3. The number of carbonyl (C=O) groups excluding carboxylic acids is 1. The van der Waals surface area contributed by atoms with E-state index in [-0.39, 0.29) is 12.1 Å². The van der Waals surface area contributed by atoms with E-state index in [1.54, 1.807) is 20.4 Å². The van der Waals surface area contributed by atoms with Crippen molar-refractivity contribution in [2.45, 2.75) is 39.0 Å². The quantitative estimate of drug-likeness (QED) is 0.425. The summed E-state index contributed by atoms with van der Waals surface area (Å²) in [5.41, 5.74) is 10.1. The molecule has 1 aliphatic heterocycles. The Hall–Kier alpha value is -3.50. The number of nitrogens with zero attached hydrogens (tertiary/aromatic N) is 6. The number of carbonyl (C=O) groups is 1. The Kier molecular flexibility index (Phi) is 5.65. The van der Waals surface area contributed by atoms with Crippen molar-refractivity contribution in [3.63, 3.8) is 0 Å². The fraction of sp³-hybridized carbons (Fsp3) is 0.462. The fourth-order valence-corrected chi connectivity index (χ4v) is 5.71. The molecule has 36 heavy (non-hydrogen) atoms. The first-order valence-corrected chi connectivity index (χ1v) is 12.5. The van der Waals surface area contributed by atoms with Crippen LogP contribution in [-0.4, -0.2) is 68.4 Å². The van der Waals surface area contributed by atoms with E-state index < -0.39 is 0 Å². The summed E-state index contributed by atoms with van der Waals surface area (Å²) in [6.45, 7) is 4.59. The van der Waals surface area contributed by atoms with Crippen molar-refractivity contribution in [3.05, 3.63) is 36.0 Å². The van der Waals surface area contributed by atoms with Gasteiger partial charge < -0.3 is 29.2 Å². The first-order chi connectivity index (χ1) is 17.5. The Morgan fingerprint density at radius 1 is 1.14 bits per heavy atom. The van der Waals surface area contributed by atoms with Crippen LogP contribution in [0.1, 0.15) is 30.1 Å². The lowest BCUT2D eigenvalue weighted by Gasteiger charge is -2.31. The highest BCUT2D eigenvalue weighted by atomic mass is 16.5. The zero-order valence-corrected chi connectivity index (χ0v) is 20.8. The van der Waals surface area contributed by atoms with Gasteiger partial charge in [0.2, 0.25) is 5.88 Å². The average Bonchev–Trinajstić information content (AvgIpc) is 3.49. The minimum absolute atomic E-state index is 0.0711. The van der Waals surface area contributed by atoms with E-state index in [1.165, 1.54) is 0 Å². The first-order valence-electron chi connectivity index (χ1n) is 12.5. The van der Waals surface area contributed by atoms with Crippen LogP contribution in [0.15, 0.2) is 30.5 Å². The molecule has 10 nitrogen and oxygen atoms in total. The summed E-state index contributed by atoms with van der Waals surface area (Å²) in [5, 5.41) is 1.000. The standard InChI is InChI=1S/C26H31N7O3/c1-4-31-20(12-15-6-8-21(36-3)30-23(15)31)25-29-19-11-17(13-28-24(19)32(25)9-10-35-2)26(34)33-14-16-5-7-18(16)22(33)27/h6,8,11-13,16,18,22H,4-5,7,9-10,14,27H2,1-3H3/t16-,18-,22+/m1/s1. The smallest absolute Gasteiger partial charge is 0.256 e. The maximum absolute atomic E-state index is 13.4. The number of hydrogen-bond acceptors (Lipinski definition) is 7. The molecule has 0 spiro atoms. The third kappa shape index (κ3) is 3.47. The maximum Gasteiger partial charge on any atom is 0.256 e. The van der Waals surface area contributed by atoms with Gasteiger partial charge in [-0.15, -0.1) is 0 Å². The van der Waals surface area contributed by atoms with Crippen LogP contribution in [0, 0.1) is 11.8 Å². The molecule has 0 bridgehead atoms. The van der Waals surface area contributed by atoms with E-state index in [1.807, 2.05) is 27.7 Å². The van der Waals surface area contributed by atoms with Crippen molar-refractivity contribution in [1.29, 1.82) is 0 Å². The van der Waals surface area contributed by atoms with Gasteiger partial charge in [-0.05, 0) is 49.8 Å². The molecule has 0 unspecified atom stereocenters. The second-order valence-electron chi connectivity index (χ2n) is 9.64. The Morgan fingerprint density at radius 3 is 2.67 bits per heavy atom. The number of pyridine rings is 2. The molecule has 6 rings (SSSR count). The molecule has 1 saturated heterocycles. The molecule has 10 heteroatoms.